The van der Waals surface area contributed by atoms with Gasteiger partial charge in [0.25, 0.3) is 0 Å². The minimum atomic E-state index is 0.374. The molecule has 0 spiro atoms. The van der Waals surface area contributed by atoms with Gasteiger partial charge < -0.3 is 4.48 Å². The molecule has 0 aliphatic heterocycles. The van der Waals surface area contributed by atoms with Crippen molar-refractivity contribution in [3.63, 3.8) is 0 Å². The van der Waals surface area contributed by atoms with Gasteiger partial charge in [-0.05, 0) is 33.6 Å². The molecule has 0 rings (SSSR count). The molecule has 0 aliphatic carbocycles. The summed E-state index contributed by atoms with van der Waals surface area (Å²) < 4.78 is 1.14. The van der Waals surface area contributed by atoms with Gasteiger partial charge in [-0.3, -0.25) is 0 Å². The molecule has 1 heteroatoms. The predicted octanol–water partition coefficient (Wildman–Crippen LogP) is 5.78. The lowest BCUT2D eigenvalue weighted by Crippen LogP contribution is -2.54. The van der Waals surface area contributed by atoms with Gasteiger partial charge in [-0.15, -0.1) is 0 Å². The molecule has 0 radical (unpaired) electrons. The van der Waals surface area contributed by atoms with E-state index < -0.39 is 0 Å². The average molecular weight is 271 g/mol. The average Bonchev–Trinajstić information content (AvgIpc) is 2.30. The maximum absolute atomic E-state index is 2.37. The van der Waals surface area contributed by atoms with Crippen molar-refractivity contribution < 1.29 is 4.48 Å². The highest BCUT2D eigenvalue weighted by molar-refractivity contribution is 4.60. The number of hydrogen-bond acceptors (Lipinski definition) is 0. The van der Waals surface area contributed by atoms with Crippen molar-refractivity contribution in [3.8, 4) is 0 Å². The number of unbranched alkanes of at least 4 members (excludes halogenated alkanes) is 9. The summed E-state index contributed by atoms with van der Waals surface area (Å²) >= 11 is 0. The molecule has 0 bridgehead atoms. The highest BCUT2D eigenvalue weighted by Crippen LogP contribution is 2.20. The zero-order valence-electron chi connectivity index (χ0n) is 14.7. The highest BCUT2D eigenvalue weighted by atomic mass is 15.4. The van der Waals surface area contributed by atoms with Gasteiger partial charge in [-0.1, -0.05) is 58.3 Å². The minimum Gasteiger partial charge on any atom is -0.324 e. The Hall–Kier alpha value is -0.0400. The molecular weight excluding hydrogens is 230 g/mol. The Morgan fingerprint density at radius 2 is 1.00 bits per heavy atom. The van der Waals surface area contributed by atoms with Gasteiger partial charge >= 0.3 is 0 Å². The molecule has 0 heterocycles. The minimum absolute atomic E-state index is 0.374. The molecule has 0 saturated heterocycles. The lowest BCUT2D eigenvalue weighted by molar-refractivity contribution is -0.935. The second-order valence-corrected chi connectivity index (χ2v) is 7.76. The van der Waals surface area contributed by atoms with Crippen LogP contribution in [0.3, 0.4) is 0 Å². The Labute approximate surface area is 123 Å². The van der Waals surface area contributed by atoms with E-state index in [1.54, 1.807) is 0 Å². The summed E-state index contributed by atoms with van der Waals surface area (Å²) in [6, 6.07) is 0. The highest BCUT2D eigenvalue weighted by Gasteiger charge is 2.30. The Morgan fingerprint density at radius 3 is 1.37 bits per heavy atom. The van der Waals surface area contributed by atoms with E-state index in [0.717, 1.165) is 4.48 Å². The van der Waals surface area contributed by atoms with Crippen LogP contribution < -0.4 is 0 Å². The van der Waals surface area contributed by atoms with Gasteiger partial charge in [-0.2, -0.15) is 0 Å². The molecule has 0 atom stereocenters. The summed E-state index contributed by atoms with van der Waals surface area (Å²) in [7, 11) is 4.74. The third kappa shape index (κ3) is 9.49. The first-order chi connectivity index (χ1) is 8.81. The zero-order valence-corrected chi connectivity index (χ0v) is 14.7. The van der Waals surface area contributed by atoms with Crippen LogP contribution in [0.25, 0.3) is 0 Å². The van der Waals surface area contributed by atoms with Crippen LogP contribution in [0.5, 0.6) is 0 Å². The quantitative estimate of drug-likeness (QED) is 0.330. The van der Waals surface area contributed by atoms with Crippen molar-refractivity contribution in [3.05, 3.63) is 0 Å². The van der Waals surface area contributed by atoms with E-state index in [4.69, 9.17) is 0 Å². The van der Waals surface area contributed by atoms with Crippen molar-refractivity contribution in [1.82, 2.24) is 0 Å². The summed E-state index contributed by atoms with van der Waals surface area (Å²) in [4.78, 5) is 0. The van der Waals surface area contributed by atoms with Gasteiger partial charge in [0.2, 0.25) is 0 Å². The Kier molecular flexibility index (Phi) is 9.78. The van der Waals surface area contributed by atoms with Crippen LogP contribution in [-0.2, 0) is 0 Å². The van der Waals surface area contributed by atoms with Crippen LogP contribution in [0, 0.1) is 0 Å². The second-order valence-electron chi connectivity index (χ2n) is 7.76. The lowest BCUT2D eigenvalue weighted by atomic mass is 10.0. The standard InChI is InChI=1S/C18H40N/c1-7-8-9-10-11-12-13-14-15-16-17-19(5,6)18(2,3)4/h7-17H2,1-6H3/q+1. The molecule has 116 valence electrons. The van der Waals surface area contributed by atoms with Crippen molar-refractivity contribution in [1.29, 1.82) is 0 Å². The molecule has 0 fully saturated rings. The van der Waals surface area contributed by atoms with Gasteiger partial charge in [-0.25, -0.2) is 0 Å². The fraction of sp³-hybridized carbons (Fsp3) is 1.00. The topological polar surface area (TPSA) is 0 Å². The molecular formula is C18H40N+. The van der Waals surface area contributed by atoms with Gasteiger partial charge in [0.15, 0.2) is 0 Å². The number of hydrogen-bond donors (Lipinski definition) is 0. The number of quaternary nitrogens is 1. The summed E-state index contributed by atoms with van der Waals surface area (Å²) in [5.74, 6) is 0. The van der Waals surface area contributed by atoms with E-state index in [-0.39, 0.29) is 0 Å². The lowest BCUT2D eigenvalue weighted by Gasteiger charge is -2.42. The summed E-state index contributed by atoms with van der Waals surface area (Å²) in [6.45, 7) is 10.7. The first-order valence-electron chi connectivity index (χ1n) is 8.64. The molecule has 0 saturated carbocycles. The molecule has 0 amide bonds. The third-order valence-corrected chi connectivity index (χ3v) is 4.89. The third-order valence-electron chi connectivity index (χ3n) is 4.89. The molecule has 19 heavy (non-hydrogen) atoms. The maximum atomic E-state index is 2.37. The summed E-state index contributed by atoms with van der Waals surface area (Å²) in [5.41, 5.74) is 0.374. The summed E-state index contributed by atoms with van der Waals surface area (Å²) in [6.07, 6.45) is 14.3. The molecule has 0 aromatic rings. The van der Waals surface area contributed by atoms with E-state index in [1.807, 2.05) is 0 Å². The van der Waals surface area contributed by atoms with E-state index in [9.17, 15) is 0 Å². The van der Waals surface area contributed by atoms with Gasteiger partial charge in [0.05, 0.1) is 26.2 Å². The smallest absolute Gasteiger partial charge is 0.0903 e. The molecule has 1 nitrogen and oxygen atoms in total. The first-order valence-corrected chi connectivity index (χ1v) is 8.64. The largest absolute Gasteiger partial charge is 0.324 e. The van der Waals surface area contributed by atoms with Crippen molar-refractivity contribution >= 4 is 0 Å². The Balaban J connectivity index is 3.37. The maximum Gasteiger partial charge on any atom is 0.0903 e. The van der Waals surface area contributed by atoms with E-state index in [2.05, 4.69) is 41.8 Å². The Morgan fingerprint density at radius 1 is 0.632 bits per heavy atom. The Bertz CT molecular complexity index is 200. The van der Waals surface area contributed by atoms with Crippen LogP contribution in [-0.4, -0.2) is 30.7 Å². The van der Waals surface area contributed by atoms with Crippen LogP contribution >= 0.6 is 0 Å². The normalized spacial score (nSPS) is 12.9. The number of nitrogens with zero attached hydrogens (tertiary/aromatic N) is 1. The van der Waals surface area contributed by atoms with Crippen LogP contribution in [0.2, 0.25) is 0 Å². The SMILES string of the molecule is CCCCCCCCCCCC[N+](C)(C)C(C)(C)C. The van der Waals surface area contributed by atoms with Crippen molar-refractivity contribution in [2.75, 3.05) is 20.6 Å². The van der Waals surface area contributed by atoms with E-state index >= 15 is 0 Å². The van der Waals surface area contributed by atoms with E-state index in [1.165, 1.54) is 70.8 Å². The monoisotopic (exact) mass is 270 g/mol. The molecule has 0 aromatic carbocycles. The number of rotatable bonds is 11. The molecule has 0 N–H and O–H groups in total. The molecule has 0 unspecified atom stereocenters. The fourth-order valence-corrected chi connectivity index (χ4v) is 2.33. The van der Waals surface area contributed by atoms with Crippen molar-refractivity contribution in [2.45, 2.75) is 97.4 Å². The van der Waals surface area contributed by atoms with Crippen LogP contribution in [0.15, 0.2) is 0 Å². The van der Waals surface area contributed by atoms with Gasteiger partial charge in [0.1, 0.15) is 0 Å². The fourth-order valence-electron chi connectivity index (χ4n) is 2.33. The van der Waals surface area contributed by atoms with Crippen LogP contribution in [0.1, 0.15) is 91.9 Å². The second kappa shape index (κ2) is 9.80. The van der Waals surface area contributed by atoms with Crippen molar-refractivity contribution in [2.24, 2.45) is 0 Å². The summed E-state index contributed by atoms with van der Waals surface area (Å²) in [5, 5.41) is 0. The van der Waals surface area contributed by atoms with Crippen LogP contribution in [0.4, 0.5) is 0 Å². The predicted molar refractivity (Wildman–Crippen MR) is 88.6 cm³/mol. The molecule has 0 aromatic heterocycles. The first kappa shape index (κ1) is 19.0. The van der Waals surface area contributed by atoms with E-state index in [0.29, 0.717) is 5.54 Å². The zero-order chi connectivity index (χ0) is 14.8. The van der Waals surface area contributed by atoms with Gasteiger partial charge in [0, 0.05) is 0 Å². The molecule has 0 aliphatic rings.